The van der Waals surface area contributed by atoms with Gasteiger partial charge in [0.2, 0.25) is 5.91 Å². The summed E-state index contributed by atoms with van der Waals surface area (Å²) in [6.45, 7) is 24.3. The molecule has 0 spiro atoms. The number of nitrogens with one attached hydrogen (secondary N) is 1. The van der Waals surface area contributed by atoms with Crippen molar-refractivity contribution in [1.29, 1.82) is 0 Å². The molecule has 0 radical (unpaired) electrons. The second kappa shape index (κ2) is 15.5. The molecule has 1 amide bonds. The number of cyclic esters (lactones) is 1. The molecule has 1 saturated heterocycles. The van der Waals surface area contributed by atoms with Crippen molar-refractivity contribution in [3.05, 3.63) is 53.8 Å². The summed E-state index contributed by atoms with van der Waals surface area (Å²) >= 11 is 0. The minimum Gasteiger partial charge on any atom is -0.543 e. The lowest BCUT2D eigenvalue weighted by molar-refractivity contribution is -0.115. The van der Waals surface area contributed by atoms with Crippen molar-refractivity contribution in [1.82, 2.24) is 5.32 Å². The van der Waals surface area contributed by atoms with E-state index < -0.39 is 22.7 Å². The highest BCUT2D eigenvalue weighted by molar-refractivity contribution is 6.75. The Morgan fingerprint density at radius 1 is 1.02 bits per heavy atom. The summed E-state index contributed by atoms with van der Waals surface area (Å²) in [6, 6.07) is 5.86. The van der Waals surface area contributed by atoms with Gasteiger partial charge in [0.05, 0.1) is 12.2 Å². The van der Waals surface area contributed by atoms with Gasteiger partial charge in [-0.2, -0.15) is 0 Å². The Balaban J connectivity index is 1.94. The van der Waals surface area contributed by atoms with Gasteiger partial charge >= 0.3 is 5.97 Å². The Morgan fingerprint density at radius 2 is 1.70 bits per heavy atom. The highest BCUT2D eigenvalue weighted by Crippen LogP contribution is 2.42. The van der Waals surface area contributed by atoms with Crippen molar-refractivity contribution in [3.63, 3.8) is 0 Å². The monoisotopic (exact) mass is 667 g/mol. The molecule has 7 nitrogen and oxygen atoms in total. The Labute approximate surface area is 280 Å². The summed E-state index contributed by atoms with van der Waals surface area (Å²) in [7, 11) is -4.27. The van der Waals surface area contributed by atoms with Gasteiger partial charge in [-0.05, 0) is 73.2 Å². The average molecular weight is 668 g/mol. The van der Waals surface area contributed by atoms with Crippen LogP contribution < -0.4 is 9.74 Å². The van der Waals surface area contributed by atoms with Crippen LogP contribution >= 0.6 is 0 Å². The van der Waals surface area contributed by atoms with E-state index in [1.165, 1.54) is 12.2 Å². The minimum absolute atomic E-state index is 0.0425. The van der Waals surface area contributed by atoms with Gasteiger partial charge in [-0.15, -0.1) is 0 Å². The summed E-state index contributed by atoms with van der Waals surface area (Å²) in [4.78, 5) is 26.2. The smallest absolute Gasteiger partial charge is 0.342 e. The number of fused-ring (bicyclic) bond motifs is 3. The molecular formula is C37H57NO6Si2. The van der Waals surface area contributed by atoms with Gasteiger partial charge in [-0.1, -0.05) is 78.5 Å². The molecule has 2 aliphatic rings. The molecule has 1 fully saturated rings. The van der Waals surface area contributed by atoms with Crippen LogP contribution in [0.25, 0.3) is 0 Å². The van der Waals surface area contributed by atoms with Crippen molar-refractivity contribution >= 4 is 28.5 Å². The van der Waals surface area contributed by atoms with Gasteiger partial charge in [-0.3, -0.25) is 4.79 Å². The number of hydrogen-bond acceptors (Lipinski definition) is 6. The fourth-order valence-electron chi connectivity index (χ4n) is 5.16. The van der Waals surface area contributed by atoms with Crippen molar-refractivity contribution in [2.75, 3.05) is 0 Å². The fraction of sp³-hybridized carbons (Fsp3) is 0.622. The molecule has 254 valence electrons. The molecule has 0 aromatic heterocycles. The Hall–Kier alpha value is -2.65. The molecule has 0 aliphatic carbocycles. The fourth-order valence-corrected chi connectivity index (χ4v) is 7.56. The van der Waals surface area contributed by atoms with Crippen molar-refractivity contribution in [2.24, 2.45) is 0 Å². The first-order valence-corrected chi connectivity index (χ1v) is 22.6. The molecule has 0 unspecified atom stereocenters. The summed E-state index contributed by atoms with van der Waals surface area (Å²) in [6.07, 6.45) is 9.54. The summed E-state index contributed by atoms with van der Waals surface area (Å²) in [5.74, 6) is 5.65. The SMILES string of the molecule is CCC#C/C=C\C(=O)N/C=C/C[C@H]1C[C@H]2C[C@H](O[Si](C)(C)C(C)(C)C)C[C@H](Cc3cccc(O[Si](C)(C)C(C)(C)C)c3C(=O)O1)O2. The summed E-state index contributed by atoms with van der Waals surface area (Å²) < 4.78 is 26.7. The minimum atomic E-state index is -2.26. The Kier molecular flexibility index (Phi) is 12.7. The molecular weight excluding hydrogens is 611 g/mol. The first-order valence-electron chi connectivity index (χ1n) is 16.8. The Morgan fingerprint density at radius 3 is 2.35 bits per heavy atom. The van der Waals surface area contributed by atoms with Crippen LogP contribution in [0.2, 0.25) is 36.3 Å². The number of benzene rings is 1. The predicted octanol–water partition coefficient (Wildman–Crippen LogP) is 8.47. The van der Waals surface area contributed by atoms with E-state index in [2.05, 4.69) is 84.9 Å². The van der Waals surface area contributed by atoms with Gasteiger partial charge in [0.15, 0.2) is 8.32 Å². The highest BCUT2D eigenvalue weighted by Gasteiger charge is 2.43. The van der Waals surface area contributed by atoms with E-state index in [0.29, 0.717) is 30.6 Å². The van der Waals surface area contributed by atoms with Crippen molar-refractivity contribution in [2.45, 2.75) is 148 Å². The quantitative estimate of drug-likeness (QED) is 0.130. The van der Waals surface area contributed by atoms with Gasteiger partial charge in [-0.25, -0.2) is 4.79 Å². The predicted molar refractivity (Wildman–Crippen MR) is 191 cm³/mol. The zero-order chi connectivity index (χ0) is 34.3. The number of rotatable bonds is 8. The number of hydrogen-bond donors (Lipinski definition) is 1. The first kappa shape index (κ1) is 37.8. The first-order chi connectivity index (χ1) is 21.3. The maximum Gasteiger partial charge on any atom is 0.342 e. The number of carbonyl (C=O) groups is 2. The molecule has 4 atom stereocenters. The molecule has 0 saturated carbocycles. The molecule has 2 bridgehead atoms. The molecule has 46 heavy (non-hydrogen) atoms. The van der Waals surface area contributed by atoms with Gasteiger partial charge in [0, 0.05) is 37.6 Å². The van der Waals surface area contributed by atoms with Crippen LogP contribution in [0, 0.1) is 11.8 Å². The van der Waals surface area contributed by atoms with Crippen LogP contribution in [0.1, 0.15) is 96.5 Å². The molecule has 9 heteroatoms. The number of ether oxygens (including phenoxy) is 2. The van der Waals surface area contributed by atoms with E-state index >= 15 is 0 Å². The van der Waals surface area contributed by atoms with Crippen molar-refractivity contribution < 1.29 is 27.9 Å². The number of amides is 1. The van der Waals surface area contributed by atoms with Crippen LogP contribution in [0.5, 0.6) is 5.75 Å². The van der Waals surface area contributed by atoms with Gasteiger partial charge in [0.1, 0.15) is 17.4 Å². The zero-order valence-electron chi connectivity index (χ0n) is 30.0. The van der Waals surface area contributed by atoms with Crippen LogP contribution in [0.3, 0.4) is 0 Å². The maximum absolute atomic E-state index is 14.0. The van der Waals surface area contributed by atoms with Crippen LogP contribution in [-0.2, 0) is 25.1 Å². The Bertz CT molecular complexity index is 1340. The third-order valence-corrected chi connectivity index (χ3v) is 18.7. The zero-order valence-corrected chi connectivity index (χ0v) is 32.0. The lowest BCUT2D eigenvalue weighted by Gasteiger charge is -2.44. The molecule has 2 aliphatic heterocycles. The maximum atomic E-state index is 14.0. The van der Waals surface area contributed by atoms with Crippen LogP contribution in [0.15, 0.2) is 42.6 Å². The van der Waals surface area contributed by atoms with E-state index in [0.717, 1.165) is 24.8 Å². The van der Waals surface area contributed by atoms with E-state index in [1.807, 2.05) is 31.2 Å². The largest absolute Gasteiger partial charge is 0.543 e. The van der Waals surface area contributed by atoms with E-state index in [1.54, 1.807) is 6.20 Å². The van der Waals surface area contributed by atoms with E-state index in [-0.39, 0.29) is 40.3 Å². The second-order valence-electron chi connectivity index (χ2n) is 15.6. The van der Waals surface area contributed by atoms with Gasteiger partial charge < -0.3 is 23.6 Å². The third kappa shape index (κ3) is 10.4. The summed E-state index contributed by atoms with van der Waals surface area (Å²) in [5, 5.41) is 2.79. The van der Waals surface area contributed by atoms with E-state index in [9.17, 15) is 9.59 Å². The lowest BCUT2D eigenvalue weighted by Crippen LogP contribution is -2.48. The topological polar surface area (TPSA) is 83.1 Å². The van der Waals surface area contributed by atoms with Crippen LogP contribution in [-0.4, -0.2) is 52.9 Å². The molecule has 1 aromatic rings. The number of carbonyl (C=O) groups excluding carboxylic acids is 2. The average Bonchev–Trinajstić information content (AvgIpc) is 2.91. The van der Waals surface area contributed by atoms with E-state index in [4.69, 9.17) is 18.3 Å². The highest BCUT2D eigenvalue weighted by atomic mass is 28.4. The lowest BCUT2D eigenvalue weighted by atomic mass is 9.91. The van der Waals surface area contributed by atoms with Crippen LogP contribution in [0.4, 0.5) is 0 Å². The normalized spacial score (nSPS) is 22.9. The molecule has 1 aromatic carbocycles. The van der Waals surface area contributed by atoms with Crippen molar-refractivity contribution in [3.8, 4) is 17.6 Å². The molecule has 2 heterocycles. The third-order valence-electron chi connectivity index (χ3n) is 9.78. The molecule has 1 N–H and O–H groups in total. The summed E-state index contributed by atoms with van der Waals surface area (Å²) in [5.41, 5.74) is 1.36. The second-order valence-corrected chi connectivity index (χ2v) is 25.1. The number of allylic oxidation sites excluding steroid dienone is 1. The standard InChI is InChI=1S/C37H57NO6Si2/c1-12-13-14-15-21-33(39)38-22-17-19-28-24-30-26-31(43-45(8,9)36(2,3)4)25-29(41-30)23-27-18-16-20-32(34(27)35(40)42-28)44-46(10,11)37(5,6)7/h15-18,20-22,28-31H,12,19,23-26H2,1-11H3,(H,38,39)/b21-15-,22-17+/t28-,29-,30-,31+/m0/s1. The molecule has 3 rings (SSSR count). The number of esters is 1. The van der Waals surface area contributed by atoms with Gasteiger partial charge in [0.25, 0.3) is 8.32 Å².